The third-order valence-corrected chi connectivity index (χ3v) is 6.37. The molecule has 0 fully saturated rings. The molecule has 0 saturated heterocycles. The van der Waals surface area contributed by atoms with Crippen molar-refractivity contribution in [2.75, 3.05) is 6.61 Å². The van der Waals surface area contributed by atoms with E-state index in [4.69, 9.17) is 14.6 Å². The summed E-state index contributed by atoms with van der Waals surface area (Å²) in [6.45, 7) is 2.95. The summed E-state index contributed by atoms with van der Waals surface area (Å²) in [5.41, 5.74) is 1.15. The second-order valence-electron chi connectivity index (χ2n) is 9.60. The lowest BCUT2D eigenvalue weighted by Gasteiger charge is -2.08. The Morgan fingerprint density at radius 1 is 0.676 bits per heavy atom. The fourth-order valence-electron chi connectivity index (χ4n) is 4.15. The van der Waals surface area contributed by atoms with Crippen LogP contribution in [0.2, 0.25) is 0 Å². The highest BCUT2D eigenvalue weighted by Gasteiger charge is 2.09. The van der Waals surface area contributed by atoms with Crippen molar-refractivity contribution < 1.29 is 24.2 Å². The summed E-state index contributed by atoms with van der Waals surface area (Å²) in [7, 11) is 0. The molecule has 0 aliphatic heterocycles. The van der Waals surface area contributed by atoms with E-state index >= 15 is 0 Å². The van der Waals surface area contributed by atoms with E-state index in [1.165, 1.54) is 89.5 Å². The number of carboxylic acid groups (broad SMARTS) is 1. The maximum Gasteiger partial charge on any atom is 0.343 e. The summed E-state index contributed by atoms with van der Waals surface area (Å²) in [5, 5.41) is 8.68. The number of carboxylic acids is 1. The second kappa shape index (κ2) is 19.1. The third kappa shape index (κ3) is 14.3. The van der Waals surface area contributed by atoms with Crippen LogP contribution in [0.4, 0.5) is 0 Å². The summed E-state index contributed by atoms with van der Waals surface area (Å²) in [4.78, 5) is 23.0. The Morgan fingerprint density at radius 2 is 1.16 bits per heavy atom. The van der Waals surface area contributed by atoms with E-state index in [0.717, 1.165) is 18.2 Å². The molecule has 0 heterocycles. The van der Waals surface area contributed by atoms with Gasteiger partial charge in [-0.2, -0.15) is 0 Å². The summed E-state index contributed by atoms with van der Waals surface area (Å²) in [6, 6.07) is 13.6. The predicted octanol–water partition coefficient (Wildman–Crippen LogP) is 8.86. The van der Waals surface area contributed by atoms with Crippen LogP contribution in [-0.4, -0.2) is 23.7 Å². The molecule has 1 N–H and O–H groups in total. The van der Waals surface area contributed by atoms with E-state index < -0.39 is 11.9 Å². The van der Waals surface area contributed by atoms with Crippen molar-refractivity contribution in [3.63, 3.8) is 0 Å². The molecule has 0 radical (unpaired) electrons. The number of benzene rings is 2. The molecule has 202 valence electrons. The first kappa shape index (κ1) is 30.1. The highest BCUT2D eigenvalue weighted by Crippen LogP contribution is 2.18. The van der Waals surface area contributed by atoms with Crippen molar-refractivity contribution in [3.05, 3.63) is 65.7 Å². The Labute approximate surface area is 222 Å². The molecule has 37 heavy (non-hydrogen) atoms. The number of esters is 1. The zero-order chi connectivity index (χ0) is 26.6. The molecule has 0 bridgehead atoms. The molecule has 0 saturated carbocycles. The smallest absolute Gasteiger partial charge is 0.343 e. The van der Waals surface area contributed by atoms with Crippen LogP contribution in [0.25, 0.3) is 6.08 Å². The first-order valence-electron chi connectivity index (χ1n) is 14.0. The van der Waals surface area contributed by atoms with Gasteiger partial charge in [-0.15, -0.1) is 0 Å². The van der Waals surface area contributed by atoms with E-state index in [-0.39, 0.29) is 0 Å². The Bertz CT molecular complexity index is 915. The van der Waals surface area contributed by atoms with Crippen LogP contribution in [0.15, 0.2) is 54.6 Å². The maximum absolute atomic E-state index is 12.4. The average Bonchev–Trinajstić information content (AvgIpc) is 2.90. The van der Waals surface area contributed by atoms with E-state index in [1.807, 2.05) is 0 Å². The molecule has 0 amide bonds. The molecule has 2 rings (SSSR count). The first-order chi connectivity index (χ1) is 18.1. The van der Waals surface area contributed by atoms with Crippen LogP contribution >= 0.6 is 0 Å². The molecular weight excluding hydrogens is 464 g/mol. The summed E-state index contributed by atoms with van der Waals surface area (Å²) >= 11 is 0. The molecule has 0 aliphatic rings. The Morgan fingerprint density at radius 3 is 1.68 bits per heavy atom. The van der Waals surface area contributed by atoms with Gasteiger partial charge in [0.25, 0.3) is 0 Å². The van der Waals surface area contributed by atoms with Gasteiger partial charge in [-0.25, -0.2) is 9.59 Å². The number of aliphatic carboxylic acids is 1. The lowest BCUT2D eigenvalue weighted by molar-refractivity contribution is -0.131. The summed E-state index contributed by atoms with van der Waals surface area (Å²) < 4.78 is 11.2. The molecule has 0 aliphatic carbocycles. The van der Waals surface area contributed by atoms with E-state index in [1.54, 1.807) is 48.5 Å². The molecule has 0 unspecified atom stereocenters. The summed E-state index contributed by atoms with van der Waals surface area (Å²) in [5.74, 6) is -0.314. The quantitative estimate of drug-likeness (QED) is 0.0837. The van der Waals surface area contributed by atoms with Gasteiger partial charge in [0.05, 0.1) is 12.2 Å². The molecule has 0 spiro atoms. The van der Waals surface area contributed by atoms with Crippen LogP contribution in [0, 0.1) is 0 Å². The third-order valence-electron chi connectivity index (χ3n) is 6.37. The van der Waals surface area contributed by atoms with Gasteiger partial charge in [-0.05, 0) is 54.5 Å². The molecule has 2 aromatic carbocycles. The van der Waals surface area contributed by atoms with Crippen LogP contribution in [0.3, 0.4) is 0 Å². The number of carbonyl (C=O) groups excluding carboxylic acids is 1. The fourth-order valence-corrected chi connectivity index (χ4v) is 4.15. The van der Waals surface area contributed by atoms with Crippen LogP contribution in [0.1, 0.15) is 113 Å². The number of unbranched alkanes of at least 4 members (excludes halogenated alkanes) is 13. The molecule has 5 heteroatoms. The van der Waals surface area contributed by atoms with Gasteiger partial charge in [-0.1, -0.05) is 103 Å². The topological polar surface area (TPSA) is 72.8 Å². The minimum absolute atomic E-state index is 0.399. The van der Waals surface area contributed by atoms with Crippen LogP contribution in [0.5, 0.6) is 11.5 Å². The highest BCUT2D eigenvalue weighted by molar-refractivity contribution is 5.91. The standard InChI is InChI=1S/C32H44O5/c1-2-3-4-5-6-7-8-9-10-11-12-13-14-15-26-36-29-23-19-28(20-24-29)32(35)37-30-21-16-27(17-22-30)18-25-31(33)34/h16-25H,2-15,26H2,1H3,(H,33,34). The van der Waals surface area contributed by atoms with Crippen molar-refractivity contribution in [2.24, 2.45) is 0 Å². The second-order valence-corrected chi connectivity index (χ2v) is 9.60. The number of ether oxygens (including phenoxy) is 2. The Hall–Kier alpha value is -3.08. The number of rotatable bonds is 20. The number of hydrogen-bond acceptors (Lipinski definition) is 4. The predicted molar refractivity (Wildman–Crippen MR) is 150 cm³/mol. The van der Waals surface area contributed by atoms with E-state index in [2.05, 4.69) is 6.92 Å². The Kier molecular flexibility index (Phi) is 15.6. The van der Waals surface area contributed by atoms with Crippen LogP contribution in [-0.2, 0) is 4.79 Å². The SMILES string of the molecule is CCCCCCCCCCCCCCCCOc1ccc(C(=O)Oc2ccc(C=CC(=O)O)cc2)cc1. The van der Waals surface area contributed by atoms with Gasteiger partial charge in [-0.3, -0.25) is 0 Å². The molecule has 0 aromatic heterocycles. The van der Waals surface area contributed by atoms with E-state index in [9.17, 15) is 9.59 Å². The molecule has 0 atom stereocenters. The number of carbonyl (C=O) groups is 2. The Balaban J connectivity index is 1.51. The highest BCUT2D eigenvalue weighted by atomic mass is 16.5. The van der Waals surface area contributed by atoms with Crippen molar-refractivity contribution in [1.82, 2.24) is 0 Å². The zero-order valence-corrected chi connectivity index (χ0v) is 22.5. The monoisotopic (exact) mass is 508 g/mol. The van der Waals surface area contributed by atoms with Crippen molar-refractivity contribution >= 4 is 18.0 Å². The zero-order valence-electron chi connectivity index (χ0n) is 22.5. The fraction of sp³-hybridized carbons (Fsp3) is 0.500. The lowest BCUT2D eigenvalue weighted by atomic mass is 10.0. The van der Waals surface area contributed by atoms with Gasteiger partial charge in [0.15, 0.2) is 0 Å². The van der Waals surface area contributed by atoms with Gasteiger partial charge in [0.2, 0.25) is 0 Å². The number of hydrogen-bond donors (Lipinski definition) is 1. The molecular formula is C32H44O5. The van der Waals surface area contributed by atoms with E-state index in [0.29, 0.717) is 23.5 Å². The normalized spacial score (nSPS) is 11.1. The first-order valence-corrected chi connectivity index (χ1v) is 14.0. The lowest BCUT2D eigenvalue weighted by Crippen LogP contribution is -2.08. The van der Waals surface area contributed by atoms with Gasteiger partial charge >= 0.3 is 11.9 Å². The summed E-state index contributed by atoms with van der Waals surface area (Å²) in [6.07, 6.45) is 21.2. The van der Waals surface area contributed by atoms with Crippen LogP contribution < -0.4 is 9.47 Å². The van der Waals surface area contributed by atoms with Gasteiger partial charge in [0.1, 0.15) is 11.5 Å². The van der Waals surface area contributed by atoms with Gasteiger partial charge in [0, 0.05) is 6.08 Å². The maximum atomic E-state index is 12.4. The van der Waals surface area contributed by atoms with Crippen molar-refractivity contribution in [2.45, 2.75) is 96.8 Å². The average molecular weight is 509 g/mol. The van der Waals surface area contributed by atoms with Gasteiger partial charge < -0.3 is 14.6 Å². The largest absolute Gasteiger partial charge is 0.494 e. The van der Waals surface area contributed by atoms with Crippen molar-refractivity contribution in [1.29, 1.82) is 0 Å². The molecule has 2 aromatic rings. The minimum atomic E-state index is -1.01. The van der Waals surface area contributed by atoms with Crippen molar-refractivity contribution in [3.8, 4) is 11.5 Å². The minimum Gasteiger partial charge on any atom is -0.494 e. The molecule has 5 nitrogen and oxygen atoms in total.